The Bertz CT molecular complexity index is 1180. The molecule has 148 valence electrons. The number of rotatable bonds is 4. The molecule has 0 saturated heterocycles. The van der Waals surface area contributed by atoms with Crippen LogP contribution in [0.4, 0.5) is 11.4 Å². The topological polar surface area (TPSA) is 141 Å². The number of primary sulfonamides is 1. The predicted molar refractivity (Wildman–Crippen MR) is 113 cm³/mol. The highest BCUT2D eigenvalue weighted by atomic mass is 32.2. The molecule has 2 aromatic carbocycles. The number of likely N-dealkylation sites (N-methyl/N-ethyl adjacent to an activating group) is 1. The highest BCUT2D eigenvalue weighted by Gasteiger charge is 2.33. The van der Waals surface area contributed by atoms with Crippen molar-refractivity contribution in [2.45, 2.75) is 11.8 Å². The smallest absolute Gasteiger partial charge is 0.279 e. The first-order valence-corrected chi connectivity index (χ1v) is 10.3. The molecular weight excluding hydrogens is 412 g/mol. The Hall–Kier alpha value is -3.33. The second-order valence-corrected chi connectivity index (χ2v) is 7.96. The van der Waals surface area contributed by atoms with E-state index >= 15 is 0 Å². The van der Waals surface area contributed by atoms with Crippen molar-refractivity contribution < 1.29 is 13.2 Å². The number of benzene rings is 2. The molecule has 2 aromatic rings. The first-order valence-electron chi connectivity index (χ1n) is 8.38. The van der Waals surface area contributed by atoms with E-state index in [0.29, 0.717) is 29.0 Å². The highest BCUT2D eigenvalue weighted by molar-refractivity contribution is 7.89. The van der Waals surface area contributed by atoms with Crippen LogP contribution in [-0.4, -0.2) is 31.7 Å². The number of nitrogens with two attached hydrogens (primary N) is 1. The number of carbonyl (C=O) groups is 1. The molecule has 0 fully saturated rings. The minimum atomic E-state index is -3.85. The van der Waals surface area contributed by atoms with Crippen LogP contribution in [0.5, 0.6) is 0 Å². The summed E-state index contributed by atoms with van der Waals surface area (Å²) in [5.41, 5.74) is 4.69. The predicted octanol–water partition coefficient (Wildman–Crippen LogP) is 1.26. The van der Waals surface area contributed by atoms with Crippen molar-refractivity contribution in [3.63, 3.8) is 0 Å². The van der Waals surface area contributed by atoms with Crippen molar-refractivity contribution in [2.24, 2.45) is 10.2 Å². The van der Waals surface area contributed by atoms with Gasteiger partial charge in [-0.05, 0) is 55.5 Å². The molecule has 0 unspecified atom stereocenters. The van der Waals surface area contributed by atoms with E-state index in [2.05, 4.69) is 15.8 Å². The van der Waals surface area contributed by atoms with Crippen molar-refractivity contribution in [1.29, 1.82) is 5.26 Å². The number of hydrazone groups is 1. The van der Waals surface area contributed by atoms with Crippen LogP contribution in [0.15, 0.2) is 52.5 Å². The van der Waals surface area contributed by atoms with Crippen LogP contribution < -0.4 is 20.8 Å². The zero-order valence-electron chi connectivity index (χ0n) is 15.2. The van der Waals surface area contributed by atoms with Gasteiger partial charge < -0.3 is 10.2 Å². The quantitative estimate of drug-likeness (QED) is 0.492. The molecule has 4 N–H and O–H groups in total. The van der Waals surface area contributed by atoms with Gasteiger partial charge in [-0.3, -0.25) is 10.2 Å². The first kappa shape index (κ1) is 20.4. The molecule has 0 radical (unpaired) electrons. The molecule has 1 aliphatic rings. The standard InChI is InChI=1S/C18H16N6O3S2/c1-2-24-15-7-6-11(10-19)8-14(15)16(17(24)25)22-23-18(28)21-12-4-3-5-13(9-12)29(20,26)27/h3-9H,2H2,1H3,(H2,20,26,27)(H2,21,23,28). The van der Waals surface area contributed by atoms with Crippen LogP contribution in [0.25, 0.3) is 0 Å². The van der Waals surface area contributed by atoms with Gasteiger partial charge in [0, 0.05) is 17.8 Å². The second-order valence-electron chi connectivity index (χ2n) is 5.99. The van der Waals surface area contributed by atoms with Crippen LogP contribution in [0.3, 0.4) is 0 Å². The van der Waals surface area contributed by atoms with Crippen molar-refractivity contribution in [3.8, 4) is 6.07 Å². The van der Waals surface area contributed by atoms with Gasteiger partial charge in [-0.1, -0.05) is 6.07 Å². The zero-order chi connectivity index (χ0) is 21.2. The number of carbonyl (C=O) groups excluding carboxylic acids is 1. The highest BCUT2D eigenvalue weighted by Crippen LogP contribution is 2.29. The lowest BCUT2D eigenvalue weighted by Crippen LogP contribution is -2.32. The maximum Gasteiger partial charge on any atom is 0.279 e. The minimum absolute atomic E-state index is 0.0461. The van der Waals surface area contributed by atoms with E-state index in [4.69, 9.17) is 22.6 Å². The van der Waals surface area contributed by atoms with Gasteiger partial charge in [0.15, 0.2) is 10.8 Å². The molecule has 0 atom stereocenters. The number of nitrogens with one attached hydrogen (secondary N) is 2. The zero-order valence-corrected chi connectivity index (χ0v) is 16.8. The number of anilines is 2. The molecule has 9 nitrogen and oxygen atoms in total. The molecule has 0 aromatic heterocycles. The van der Waals surface area contributed by atoms with E-state index in [1.165, 1.54) is 18.2 Å². The van der Waals surface area contributed by atoms with Gasteiger partial charge in [-0.15, -0.1) is 0 Å². The molecule has 0 spiro atoms. The van der Waals surface area contributed by atoms with E-state index in [9.17, 15) is 13.2 Å². The number of sulfonamides is 1. The third kappa shape index (κ3) is 4.24. The number of thiocarbonyl (C=S) groups is 1. The Labute approximate surface area is 172 Å². The van der Waals surface area contributed by atoms with Crippen molar-refractivity contribution in [1.82, 2.24) is 5.43 Å². The molecule has 0 aliphatic carbocycles. The van der Waals surface area contributed by atoms with Crippen molar-refractivity contribution in [3.05, 3.63) is 53.6 Å². The monoisotopic (exact) mass is 428 g/mol. The molecule has 3 rings (SSSR count). The lowest BCUT2D eigenvalue weighted by Gasteiger charge is -2.13. The normalized spacial score (nSPS) is 14.4. The van der Waals surface area contributed by atoms with E-state index in [-0.39, 0.29) is 21.6 Å². The molecular formula is C18H16N6O3S2. The summed E-state index contributed by atoms with van der Waals surface area (Å²) < 4.78 is 22.9. The largest absolute Gasteiger partial charge is 0.331 e. The number of hydrogen-bond donors (Lipinski definition) is 3. The van der Waals surface area contributed by atoms with Gasteiger partial charge in [0.25, 0.3) is 5.91 Å². The van der Waals surface area contributed by atoms with Crippen LogP contribution >= 0.6 is 12.2 Å². The number of nitriles is 1. The lowest BCUT2D eigenvalue weighted by molar-refractivity contribution is -0.112. The molecule has 29 heavy (non-hydrogen) atoms. The Kier molecular flexibility index (Phi) is 5.60. The molecule has 0 saturated carbocycles. The summed E-state index contributed by atoms with van der Waals surface area (Å²) in [5.74, 6) is -0.316. The summed E-state index contributed by atoms with van der Waals surface area (Å²) >= 11 is 5.16. The first-order chi connectivity index (χ1) is 13.7. The Balaban J connectivity index is 1.82. The summed E-state index contributed by atoms with van der Waals surface area (Å²) in [6.45, 7) is 2.28. The number of fused-ring (bicyclic) bond motifs is 1. The number of amides is 1. The molecule has 11 heteroatoms. The lowest BCUT2D eigenvalue weighted by atomic mass is 10.1. The van der Waals surface area contributed by atoms with Crippen molar-refractivity contribution in [2.75, 3.05) is 16.8 Å². The fraction of sp³-hybridized carbons (Fsp3) is 0.111. The third-order valence-corrected chi connectivity index (χ3v) is 5.23. The maximum atomic E-state index is 12.6. The van der Waals surface area contributed by atoms with Gasteiger partial charge in [0.1, 0.15) is 0 Å². The molecule has 1 heterocycles. The maximum absolute atomic E-state index is 12.6. The number of nitrogens with zero attached hydrogens (tertiary/aromatic N) is 3. The van der Waals surface area contributed by atoms with E-state index in [1.807, 2.05) is 13.0 Å². The van der Waals surface area contributed by atoms with Crippen LogP contribution in [0.1, 0.15) is 18.1 Å². The van der Waals surface area contributed by atoms with Crippen molar-refractivity contribution >= 4 is 50.3 Å². The average molecular weight is 428 g/mol. The van der Waals surface area contributed by atoms with Gasteiger partial charge >= 0.3 is 0 Å². The summed E-state index contributed by atoms with van der Waals surface area (Å²) in [6, 6.07) is 12.8. The van der Waals surface area contributed by atoms with E-state index in [1.54, 1.807) is 29.2 Å². The summed E-state index contributed by atoms with van der Waals surface area (Å²) in [5, 5.41) is 21.2. The second kappa shape index (κ2) is 7.96. The number of hydrogen-bond acceptors (Lipinski definition) is 6. The fourth-order valence-corrected chi connectivity index (χ4v) is 3.54. The minimum Gasteiger partial charge on any atom is -0.331 e. The summed E-state index contributed by atoms with van der Waals surface area (Å²) in [7, 11) is -3.85. The summed E-state index contributed by atoms with van der Waals surface area (Å²) in [6.07, 6.45) is 0. The Morgan fingerprint density at radius 2 is 2.07 bits per heavy atom. The fourth-order valence-electron chi connectivity index (χ4n) is 2.82. The van der Waals surface area contributed by atoms with Gasteiger partial charge in [-0.2, -0.15) is 10.4 Å². The third-order valence-electron chi connectivity index (χ3n) is 4.13. The molecule has 1 aliphatic heterocycles. The SMILES string of the molecule is CCN1C(=O)C(=NNC(=S)Nc2cccc(S(N)(=O)=O)c2)c2cc(C#N)ccc21. The van der Waals surface area contributed by atoms with E-state index in [0.717, 1.165) is 0 Å². The van der Waals surface area contributed by atoms with Gasteiger partial charge in [0.05, 0.1) is 22.2 Å². The molecule has 1 amide bonds. The van der Waals surface area contributed by atoms with E-state index < -0.39 is 10.0 Å². The van der Waals surface area contributed by atoms with Gasteiger partial charge in [-0.25, -0.2) is 13.6 Å². The summed E-state index contributed by atoms with van der Waals surface area (Å²) in [4.78, 5) is 14.1. The van der Waals surface area contributed by atoms with Crippen LogP contribution in [0.2, 0.25) is 0 Å². The van der Waals surface area contributed by atoms with Crippen LogP contribution in [-0.2, 0) is 14.8 Å². The Morgan fingerprint density at radius 1 is 1.31 bits per heavy atom. The molecule has 0 bridgehead atoms. The van der Waals surface area contributed by atoms with Crippen LogP contribution in [0, 0.1) is 11.3 Å². The van der Waals surface area contributed by atoms with Gasteiger partial charge in [0.2, 0.25) is 10.0 Å². The Morgan fingerprint density at radius 3 is 2.72 bits per heavy atom. The average Bonchev–Trinajstić information content (AvgIpc) is 2.95.